The molecule has 0 aliphatic heterocycles. The summed E-state index contributed by atoms with van der Waals surface area (Å²) in [5.41, 5.74) is 0. The van der Waals surface area contributed by atoms with Gasteiger partial charge in [0.1, 0.15) is 13.2 Å². The fourth-order valence-electron chi connectivity index (χ4n) is 7.54. The van der Waals surface area contributed by atoms with Gasteiger partial charge in [-0.2, -0.15) is 0 Å². The van der Waals surface area contributed by atoms with E-state index in [9.17, 15) is 14.4 Å². The van der Waals surface area contributed by atoms with Crippen molar-refractivity contribution in [2.75, 3.05) is 13.2 Å². The number of hydrogen-bond acceptors (Lipinski definition) is 6. The minimum absolute atomic E-state index is 0.0953. The molecule has 0 heterocycles. The van der Waals surface area contributed by atoms with Crippen molar-refractivity contribution >= 4 is 17.9 Å². The topological polar surface area (TPSA) is 78.9 Å². The summed E-state index contributed by atoms with van der Waals surface area (Å²) in [7, 11) is 0. The highest BCUT2D eigenvalue weighted by Gasteiger charge is 2.19. The van der Waals surface area contributed by atoms with E-state index in [2.05, 4.69) is 93.7 Å². The van der Waals surface area contributed by atoms with Crippen LogP contribution in [0.5, 0.6) is 0 Å². The Hall–Kier alpha value is -3.15. The van der Waals surface area contributed by atoms with Crippen molar-refractivity contribution in [2.45, 2.75) is 271 Å². The highest BCUT2D eigenvalue weighted by molar-refractivity contribution is 5.71. The quantitative estimate of drug-likeness (QED) is 0.0262. The maximum Gasteiger partial charge on any atom is 0.306 e. The zero-order chi connectivity index (χ0) is 47.2. The molecule has 0 spiro atoms. The highest BCUT2D eigenvalue weighted by Crippen LogP contribution is 2.14. The average Bonchev–Trinajstić information content (AvgIpc) is 3.30. The smallest absolute Gasteiger partial charge is 0.306 e. The summed E-state index contributed by atoms with van der Waals surface area (Å²) in [6, 6.07) is 0. The Morgan fingerprint density at radius 3 is 1.00 bits per heavy atom. The van der Waals surface area contributed by atoms with Crippen LogP contribution in [0.15, 0.2) is 72.9 Å². The number of esters is 3. The lowest BCUT2D eigenvalue weighted by molar-refractivity contribution is -0.167. The maximum absolute atomic E-state index is 12.8. The Balaban J connectivity index is 4.41. The number of allylic oxidation sites excluding steroid dienone is 12. The van der Waals surface area contributed by atoms with Crippen molar-refractivity contribution in [3.8, 4) is 0 Å². The summed E-state index contributed by atoms with van der Waals surface area (Å²) in [5, 5.41) is 0. The fraction of sp³-hybridized carbons (Fsp3) is 0.746. The van der Waals surface area contributed by atoms with Crippen LogP contribution in [0.3, 0.4) is 0 Å². The first-order chi connectivity index (χ1) is 32.0. The normalized spacial score (nSPS) is 12.6. The fourth-order valence-corrected chi connectivity index (χ4v) is 7.54. The van der Waals surface area contributed by atoms with Crippen LogP contribution >= 0.6 is 0 Å². The first-order valence-corrected chi connectivity index (χ1v) is 27.4. The van der Waals surface area contributed by atoms with Gasteiger partial charge < -0.3 is 14.2 Å². The van der Waals surface area contributed by atoms with Crippen LogP contribution in [0.2, 0.25) is 0 Å². The van der Waals surface area contributed by atoms with Crippen LogP contribution in [-0.4, -0.2) is 37.2 Å². The lowest BCUT2D eigenvalue weighted by atomic mass is 10.1. The standard InChI is InChI=1S/C59H102O6/c1-4-7-10-13-16-19-22-25-27-28-29-30-32-34-37-40-43-46-49-52-58(61)64-55-56(54-63-57(60)51-48-45-42-39-36-33-24-21-18-15-12-9-6-3)65-59(62)53-50-47-44-41-38-35-31-26-23-20-17-14-11-8-5-2/h8,11,17,20-21,24-27,31,38,41,56H,4-7,9-10,12-16,18-19,22-23,28-30,32-37,39-40,42-55H2,1-3H3/b11-8-,20-17-,24-21-,27-25-,31-26-,41-38-/t56-/m0/s1. The molecule has 0 unspecified atom stereocenters. The van der Waals surface area contributed by atoms with Crippen molar-refractivity contribution < 1.29 is 28.6 Å². The van der Waals surface area contributed by atoms with E-state index in [0.717, 1.165) is 83.5 Å². The molecule has 6 nitrogen and oxygen atoms in total. The van der Waals surface area contributed by atoms with Crippen LogP contribution < -0.4 is 0 Å². The molecule has 6 heteroatoms. The second kappa shape index (κ2) is 53.5. The van der Waals surface area contributed by atoms with E-state index in [4.69, 9.17) is 14.2 Å². The molecule has 374 valence electrons. The third-order valence-corrected chi connectivity index (χ3v) is 11.7. The number of ether oxygens (including phenoxy) is 3. The van der Waals surface area contributed by atoms with Gasteiger partial charge in [0.25, 0.3) is 0 Å². The third-order valence-electron chi connectivity index (χ3n) is 11.7. The molecule has 0 aromatic heterocycles. The van der Waals surface area contributed by atoms with Crippen molar-refractivity contribution in [2.24, 2.45) is 0 Å². The molecule has 0 amide bonds. The van der Waals surface area contributed by atoms with Crippen LogP contribution in [0.1, 0.15) is 265 Å². The van der Waals surface area contributed by atoms with Gasteiger partial charge in [0, 0.05) is 19.3 Å². The van der Waals surface area contributed by atoms with Gasteiger partial charge in [0.2, 0.25) is 0 Å². The molecule has 65 heavy (non-hydrogen) atoms. The van der Waals surface area contributed by atoms with E-state index in [1.807, 2.05) is 0 Å². The first-order valence-electron chi connectivity index (χ1n) is 27.4. The second-order valence-electron chi connectivity index (χ2n) is 18.1. The van der Waals surface area contributed by atoms with Crippen molar-refractivity contribution in [1.29, 1.82) is 0 Å². The summed E-state index contributed by atoms with van der Waals surface area (Å²) < 4.78 is 16.8. The lowest BCUT2D eigenvalue weighted by Crippen LogP contribution is -2.30. The van der Waals surface area contributed by atoms with Crippen LogP contribution in [0, 0.1) is 0 Å². The minimum Gasteiger partial charge on any atom is -0.462 e. The Morgan fingerprint density at radius 2 is 0.600 bits per heavy atom. The van der Waals surface area contributed by atoms with Crippen molar-refractivity contribution in [3.05, 3.63) is 72.9 Å². The summed E-state index contributed by atoms with van der Waals surface area (Å²) in [6.45, 7) is 6.47. The number of carbonyl (C=O) groups excluding carboxylic acids is 3. The molecule has 0 saturated carbocycles. The van der Waals surface area contributed by atoms with Crippen LogP contribution in [-0.2, 0) is 28.6 Å². The Morgan fingerprint density at radius 1 is 0.323 bits per heavy atom. The largest absolute Gasteiger partial charge is 0.462 e. The predicted molar refractivity (Wildman–Crippen MR) is 279 cm³/mol. The predicted octanol–water partition coefficient (Wildman–Crippen LogP) is 18.2. The average molecular weight is 907 g/mol. The van der Waals surface area contributed by atoms with E-state index in [1.54, 1.807) is 0 Å². The molecular weight excluding hydrogens is 805 g/mol. The molecule has 0 aromatic rings. The zero-order valence-corrected chi connectivity index (χ0v) is 42.7. The van der Waals surface area contributed by atoms with E-state index in [1.165, 1.54) is 135 Å². The summed E-state index contributed by atoms with van der Waals surface area (Å²) in [5.74, 6) is -0.944. The number of carbonyl (C=O) groups is 3. The van der Waals surface area contributed by atoms with Crippen LogP contribution in [0.25, 0.3) is 0 Å². The molecule has 0 N–H and O–H groups in total. The monoisotopic (exact) mass is 907 g/mol. The van der Waals surface area contributed by atoms with Gasteiger partial charge in [-0.3, -0.25) is 14.4 Å². The summed E-state index contributed by atoms with van der Waals surface area (Å²) in [4.78, 5) is 38.0. The second-order valence-corrected chi connectivity index (χ2v) is 18.1. The third kappa shape index (κ3) is 51.7. The molecule has 1 atom stereocenters. The molecular formula is C59H102O6. The first kappa shape index (κ1) is 61.9. The SMILES string of the molecule is CC/C=C\C/C=C\C/C=C\C/C=C\CCCCC(=O)O[C@@H](COC(=O)CCCCCCC/C=C\CCCCCC)COC(=O)CCCCCCCCCCC/C=C\CCCCCCCC. The molecule has 0 rings (SSSR count). The Kier molecular flexibility index (Phi) is 50.9. The lowest BCUT2D eigenvalue weighted by Gasteiger charge is -2.18. The Labute approximate surface area is 402 Å². The summed E-state index contributed by atoms with van der Waals surface area (Å²) >= 11 is 0. The molecule has 0 aliphatic rings. The van der Waals surface area contributed by atoms with Gasteiger partial charge in [-0.15, -0.1) is 0 Å². The molecule has 0 bridgehead atoms. The zero-order valence-electron chi connectivity index (χ0n) is 42.7. The van der Waals surface area contributed by atoms with Crippen LogP contribution in [0.4, 0.5) is 0 Å². The molecule has 0 saturated heterocycles. The van der Waals surface area contributed by atoms with E-state index >= 15 is 0 Å². The molecule has 0 aromatic carbocycles. The van der Waals surface area contributed by atoms with E-state index in [-0.39, 0.29) is 37.5 Å². The molecule has 0 radical (unpaired) electrons. The van der Waals surface area contributed by atoms with Crippen molar-refractivity contribution in [1.82, 2.24) is 0 Å². The van der Waals surface area contributed by atoms with Gasteiger partial charge >= 0.3 is 17.9 Å². The summed E-state index contributed by atoms with van der Waals surface area (Å²) in [6.07, 6.45) is 67.5. The van der Waals surface area contributed by atoms with Gasteiger partial charge in [-0.05, 0) is 109 Å². The van der Waals surface area contributed by atoms with Gasteiger partial charge in [0.15, 0.2) is 6.10 Å². The van der Waals surface area contributed by atoms with Gasteiger partial charge in [-0.1, -0.05) is 209 Å². The number of rotatable bonds is 49. The Bertz CT molecular complexity index is 1230. The molecule has 0 aliphatic carbocycles. The highest BCUT2D eigenvalue weighted by atomic mass is 16.6. The molecule has 0 fully saturated rings. The maximum atomic E-state index is 12.8. The van der Waals surface area contributed by atoms with Gasteiger partial charge in [-0.25, -0.2) is 0 Å². The number of unbranched alkanes of at least 4 members (excludes halogenated alkanes) is 26. The number of hydrogen-bond donors (Lipinski definition) is 0. The van der Waals surface area contributed by atoms with E-state index < -0.39 is 6.10 Å². The minimum atomic E-state index is -0.800. The van der Waals surface area contributed by atoms with Crippen molar-refractivity contribution in [3.63, 3.8) is 0 Å². The van der Waals surface area contributed by atoms with E-state index in [0.29, 0.717) is 19.3 Å². The van der Waals surface area contributed by atoms with Gasteiger partial charge in [0.05, 0.1) is 0 Å².